The molecule has 0 fully saturated rings. The molecule has 0 aliphatic heterocycles. The van der Waals surface area contributed by atoms with Crippen molar-refractivity contribution in [1.29, 1.82) is 0 Å². The van der Waals surface area contributed by atoms with Gasteiger partial charge >= 0.3 is 6.16 Å². The van der Waals surface area contributed by atoms with Gasteiger partial charge in [0.2, 0.25) is 0 Å². The minimum absolute atomic E-state index is 0.0648. The maximum Gasteiger partial charge on any atom is 0.514 e. The first-order valence-corrected chi connectivity index (χ1v) is 6.86. The Labute approximate surface area is 134 Å². The number of hydrogen-bond donors (Lipinski definition) is 0. The van der Waals surface area contributed by atoms with Crippen molar-refractivity contribution in [3.8, 4) is 23.0 Å². The van der Waals surface area contributed by atoms with Crippen LogP contribution in [0.1, 0.15) is 5.56 Å². The molecule has 0 heterocycles. The predicted octanol–water partition coefficient (Wildman–Crippen LogP) is 3.43. The Morgan fingerprint density at radius 1 is 0.826 bits per heavy atom. The van der Waals surface area contributed by atoms with Gasteiger partial charge in [-0.3, -0.25) is 0 Å². The second-order valence-electron chi connectivity index (χ2n) is 4.51. The van der Waals surface area contributed by atoms with Crippen LogP contribution in [-0.4, -0.2) is 27.5 Å². The lowest BCUT2D eigenvalue weighted by atomic mass is 10.2. The van der Waals surface area contributed by atoms with Crippen LogP contribution in [0.25, 0.3) is 0 Å². The van der Waals surface area contributed by atoms with Crippen molar-refractivity contribution in [2.24, 2.45) is 0 Å². The Bertz CT molecular complexity index is 651. The van der Waals surface area contributed by atoms with Crippen molar-refractivity contribution in [3.63, 3.8) is 0 Å². The number of carbonyl (C=O) groups excluding carboxylic acids is 1. The van der Waals surface area contributed by atoms with Crippen LogP contribution in [0.3, 0.4) is 0 Å². The average Bonchev–Trinajstić information content (AvgIpc) is 2.60. The summed E-state index contributed by atoms with van der Waals surface area (Å²) in [5, 5.41) is 0. The normalized spacial score (nSPS) is 9.87. The summed E-state index contributed by atoms with van der Waals surface area (Å²) in [5.74, 6) is 2.23. The van der Waals surface area contributed by atoms with Crippen LogP contribution in [0.2, 0.25) is 0 Å². The minimum Gasteiger partial charge on any atom is -0.497 e. The van der Waals surface area contributed by atoms with Gasteiger partial charge in [-0.05, 0) is 42.0 Å². The van der Waals surface area contributed by atoms with E-state index in [1.165, 1.54) is 0 Å². The molecule has 6 nitrogen and oxygen atoms in total. The summed E-state index contributed by atoms with van der Waals surface area (Å²) in [5.41, 5.74) is 0.759. The van der Waals surface area contributed by atoms with E-state index in [1.807, 2.05) is 0 Å². The van der Waals surface area contributed by atoms with Crippen LogP contribution in [0.15, 0.2) is 42.5 Å². The number of rotatable bonds is 6. The fourth-order valence-corrected chi connectivity index (χ4v) is 1.88. The Kier molecular flexibility index (Phi) is 5.68. The molecule has 0 bridgehead atoms. The number of hydrogen-bond acceptors (Lipinski definition) is 6. The predicted molar refractivity (Wildman–Crippen MR) is 83.4 cm³/mol. The van der Waals surface area contributed by atoms with E-state index in [-0.39, 0.29) is 6.61 Å². The zero-order valence-corrected chi connectivity index (χ0v) is 13.2. The average molecular weight is 318 g/mol. The molecule has 0 aliphatic carbocycles. The van der Waals surface area contributed by atoms with Gasteiger partial charge in [0.05, 0.1) is 21.3 Å². The number of methoxy groups -OCH3 is 3. The molecule has 0 amide bonds. The van der Waals surface area contributed by atoms with Crippen LogP contribution in [0, 0.1) is 0 Å². The van der Waals surface area contributed by atoms with Gasteiger partial charge in [-0.2, -0.15) is 0 Å². The van der Waals surface area contributed by atoms with E-state index in [9.17, 15) is 4.79 Å². The van der Waals surface area contributed by atoms with E-state index in [0.717, 1.165) is 5.56 Å². The maximum absolute atomic E-state index is 11.7. The molecule has 0 saturated heterocycles. The summed E-state index contributed by atoms with van der Waals surface area (Å²) in [7, 11) is 4.66. The molecule has 0 saturated carbocycles. The van der Waals surface area contributed by atoms with Crippen LogP contribution in [0.5, 0.6) is 23.0 Å². The molecule has 2 aromatic carbocycles. The number of ether oxygens (including phenoxy) is 5. The van der Waals surface area contributed by atoms with Gasteiger partial charge in [-0.1, -0.05) is 6.07 Å². The molecule has 0 spiro atoms. The molecular formula is C17H18O6. The second-order valence-corrected chi connectivity index (χ2v) is 4.51. The molecule has 0 radical (unpaired) electrons. The minimum atomic E-state index is -0.787. The third-order valence-corrected chi connectivity index (χ3v) is 3.07. The highest BCUT2D eigenvalue weighted by atomic mass is 16.7. The van der Waals surface area contributed by atoms with E-state index < -0.39 is 6.16 Å². The maximum atomic E-state index is 11.7. The topological polar surface area (TPSA) is 63.2 Å². The smallest absolute Gasteiger partial charge is 0.497 e. The number of benzene rings is 2. The van der Waals surface area contributed by atoms with Crippen molar-refractivity contribution in [3.05, 3.63) is 48.0 Å². The molecule has 0 atom stereocenters. The van der Waals surface area contributed by atoms with E-state index >= 15 is 0 Å². The summed E-state index contributed by atoms with van der Waals surface area (Å²) < 4.78 is 25.5. The van der Waals surface area contributed by atoms with Crippen molar-refractivity contribution in [2.45, 2.75) is 6.61 Å². The van der Waals surface area contributed by atoms with Crippen molar-refractivity contribution in [2.75, 3.05) is 21.3 Å². The third-order valence-electron chi connectivity index (χ3n) is 3.07. The summed E-state index contributed by atoms with van der Waals surface area (Å²) in [6.45, 7) is 0.0648. The number of carbonyl (C=O) groups is 1. The van der Waals surface area contributed by atoms with Crippen molar-refractivity contribution in [1.82, 2.24) is 0 Å². The van der Waals surface area contributed by atoms with Crippen molar-refractivity contribution < 1.29 is 28.5 Å². The largest absolute Gasteiger partial charge is 0.514 e. The second kappa shape index (κ2) is 7.93. The molecule has 122 valence electrons. The first-order valence-electron chi connectivity index (χ1n) is 6.86. The quantitative estimate of drug-likeness (QED) is 0.600. The highest BCUT2D eigenvalue weighted by Gasteiger charge is 2.09. The van der Waals surface area contributed by atoms with Gasteiger partial charge in [0.15, 0.2) is 11.5 Å². The van der Waals surface area contributed by atoms with E-state index in [0.29, 0.717) is 23.0 Å². The van der Waals surface area contributed by atoms with Crippen LogP contribution in [-0.2, 0) is 11.3 Å². The zero-order chi connectivity index (χ0) is 16.7. The zero-order valence-electron chi connectivity index (χ0n) is 13.2. The Hall–Kier alpha value is -2.89. The van der Waals surface area contributed by atoms with Crippen LogP contribution >= 0.6 is 0 Å². The van der Waals surface area contributed by atoms with Crippen molar-refractivity contribution >= 4 is 6.16 Å². The summed E-state index contributed by atoms with van der Waals surface area (Å²) >= 11 is 0. The van der Waals surface area contributed by atoms with Gasteiger partial charge in [0.1, 0.15) is 18.1 Å². The molecule has 23 heavy (non-hydrogen) atoms. The molecule has 2 rings (SSSR count). The first-order chi connectivity index (χ1) is 11.2. The monoisotopic (exact) mass is 318 g/mol. The summed E-state index contributed by atoms with van der Waals surface area (Å²) in [4.78, 5) is 11.7. The lowest BCUT2D eigenvalue weighted by Gasteiger charge is -2.10. The molecule has 0 aliphatic rings. The Morgan fingerprint density at radius 3 is 2.09 bits per heavy atom. The molecule has 0 aromatic heterocycles. The molecule has 2 aromatic rings. The van der Waals surface area contributed by atoms with Gasteiger partial charge < -0.3 is 23.7 Å². The SMILES string of the molecule is COc1ccc(OC(=O)OCc2ccc(OC)c(OC)c2)cc1. The standard InChI is InChI=1S/C17H18O6/c1-19-13-5-7-14(8-6-13)23-17(18)22-11-12-4-9-15(20-2)16(10-12)21-3/h4-10H,11H2,1-3H3. The third kappa shape index (κ3) is 4.54. The Morgan fingerprint density at radius 2 is 1.48 bits per heavy atom. The molecule has 0 unspecified atom stereocenters. The lowest BCUT2D eigenvalue weighted by molar-refractivity contribution is 0.0926. The van der Waals surface area contributed by atoms with Gasteiger partial charge in [0.25, 0.3) is 0 Å². The van der Waals surface area contributed by atoms with Gasteiger partial charge in [-0.15, -0.1) is 0 Å². The van der Waals surface area contributed by atoms with E-state index in [4.69, 9.17) is 23.7 Å². The summed E-state index contributed by atoms with van der Waals surface area (Å²) in [6, 6.07) is 11.9. The lowest BCUT2D eigenvalue weighted by Crippen LogP contribution is -2.10. The highest BCUT2D eigenvalue weighted by molar-refractivity contribution is 5.64. The van der Waals surface area contributed by atoms with Crippen LogP contribution < -0.4 is 18.9 Å². The Balaban J connectivity index is 1.90. The molecule has 6 heteroatoms. The van der Waals surface area contributed by atoms with Gasteiger partial charge in [-0.25, -0.2) is 4.79 Å². The first kappa shape index (κ1) is 16.5. The fourth-order valence-electron chi connectivity index (χ4n) is 1.88. The van der Waals surface area contributed by atoms with E-state index in [1.54, 1.807) is 63.8 Å². The van der Waals surface area contributed by atoms with Crippen LogP contribution in [0.4, 0.5) is 4.79 Å². The van der Waals surface area contributed by atoms with E-state index in [2.05, 4.69) is 0 Å². The highest BCUT2D eigenvalue weighted by Crippen LogP contribution is 2.27. The molecule has 0 N–H and O–H groups in total. The fraction of sp³-hybridized carbons (Fsp3) is 0.235. The van der Waals surface area contributed by atoms with Gasteiger partial charge in [0, 0.05) is 0 Å². The molecular weight excluding hydrogens is 300 g/mol. The summed E-state index contributed by atoms with van der Waals surface area (Å²) in [6.07, 6.45) is -0.787.